The monoisotopic (exact) mass is 244 g/mol. The van der Waals surface area contributed by atoms with E-state index >= 15 is 0 Å². The van der Waals surface area contributed by atoms with Crippen molar-refractivity contribution in [3.8, 4) is 0 Å². The van der Waals surface area contributed by atoms with Crippen LogP contribution in [0.15, 0.2) is 0 Å². The van der Waals surface area contributed by atoms with Crippen LogP contribution in [0, 0.1) is 5.92 Å². The van der Waals surface area contributed by atoms with Gasteiger partial charge in [0, 0.05) is 37.0 Å². The molecule has 4 heteroatoms. The molecule has 92 valence electrons. The van der Waals surface area contributed by atoms with Crippen molar-refractivity contribution in [2.45, 2.75) is 38.3 Å². The lowest BCUT2D eigenvalue weighted by molar-refractivity contribution is -0.134. The number of likely N-dealkylation sites (tertiary alicyclic amines) is 1. The van der Waals surface area contributed by atoms with Gasteiger partial charge in [-0.25, -0.2) is 0 Å². The Morgan fingerprint density at radius 2 is 2.06 bits per heavy atom. The summed E-state index contributed by atoms with van der Waals surface area (Å²) in [6, 6.07) is 1.26. The molecule has 2 aliphatic rings. The number of carbonyl (C=O) groups is 1. The molecule has 3 atom stereocenters. The van der Waals surface area contributed by atoms with Gasteiger partial charge in [0.1, 0.15) is 0 Å². The van der Waals surface area contributed by atoms with E-state index in [1.807, 2.05) is 11.8 Å². The minimum Gasteiger partial charge on any atom is -0.341 e. The van der Waals surface area contributed by atoms with Crippen LogP contribution in [0.5, 0.6) is 0 Å². The summed E-state index contributed by atoms with van der Waals surface area (Å²) in [7, 11) is 2.20. The molecule has 2 saturated heterocycles. The van der Waals surface area contributed by atoms with Gasteiger partial charge in [-0.1, -0.05) is 6.92 Å². The summed E-state index contributed by atoms with van der Waals surface area (Å²) < 4.78 is 0. The minimum absolute atomic E-state index is 0.0383. The predicted octanol–water partition coefficient (Wildman–Crippen LogP) is 1.56. The van der Waals surface area contributed by atoms with Crippen LogP contribution in [-0.4, -0.2) is 53.8 Å². The predicted molar refractivity (Wildman–Crippen MR) is 65.7 cm³/mol. The molecule has 2 rings (SSSR count). The Labute approximate surface area is 103 Å². The van der Waals surface area contributed by atoms with Crippen LogP contribution in [0.4, 0.5) is 0 Å². The highest BCUT2D eigenvalue weighted by Crippen LogP contribution is 2.28. The molecule has 3 unspecified atom stereocenters. The number of amides is 1. The van der Waals surface area contributed by atoms with Gasteiger partial charge in [-0.2, -0.15) is 0 Å². The summed E-state index contributed by atoms with van der Waals surface area (Å²) in [6.07, 6.45) is 3.65. The highest BCUT2D eigenvalue weighted by atomic mass is 35.5. The fourth-order valence-corrected chi connectivity index (χ4v) is 3.02. The third kappa shape index (κ3) is 2.21. The molecule has 2 bridgehead atoms. The Morgan fingerprint density at radius 1 is 1.38 bits per heavy atom. The van der Waals surface area contributed by atoms with E-state index in [2.05, 4.69) is 11.9 Å². The van der Waals surface area contributed by atoms with Gasteiger partial charge >= 0.3 is 0 Å². The molecule has 0 spiro atoms. The summed E-state index contributed by atoms with van der Waals surface area (Å²) in [5.74, 6) is 0.624. The van der Waals surface area contributed by atoms with Crippen molar-refractivity contribution in [1.29, 1.82) is 0 Å². The molecule has 0 N–H and O–H groups in total. The van der Waals surface area contributed by atoms with Crippen molar-refractivity contribution < 1.29 is 4.79 Å². The normalized spacial score (nSPS) is 32.6. The molecule has 2 fully saturated rings. The fourth-order valence-electron chi connectivity index (χ4n) is 2.89. The van der Waals surface area contributed by atoms with Crippen LogP contribution in [0.2, 0.25) is 0 Å². The van der Waals surface area contributed by atoms with E-state index in [-0.39, 0.29) is 11.8 Å². The van der Waals surface area contributed by atoms with E-state index < -0.39 is 0 Å². The quantitative estimate of drug-likeness (QED) is 0.689. The molecule has 0 aliphatic carbocycles. The molecule has 0 aromatic rings. The lowest BCUT2D eigenvalue weighted by atomic mass is 10.1. The van der Waals surface area contributed by atoms with Gasteiger partial charge in [-0.3, -0.25) is 9.69 Å². The lowest BCUT2D eigenvalue weighted by Crippen LogP contribution is -2.42. The molecular formula is C12H21ClN2O. The SMILES string of the molecule is CC(CCl)C(=O)N1CCC2CCC(C1)N2C. The van der Waals surface area contributed by atoms with Gasteiger partial charge in [0.2, 0.25) is 5.91 Å². The zero-order valence-electron chi connectivity index (χ0n) is 10.2. The van der Waals surface area contributed by atoms with Crippen LogP contribution in [0.1, 0.15) is 26.2 Å². The topological polar surface area (TPSA) is 23.6 Å². The van der Waals surface area contributed by atoms with Crippen molar-refractivity contribution in [1.82, 2.24) is 9.80 Å². The number of hydrogen-bond donors (Lipinski definition) is 0. The second-order valence-electron chi connectivity index (χ2n) is 5.18. The van der Waals surface area contributed by atoms with Gasteiger partial charge in [-0.15, -0.1) is 11.6 Å². The molecule has 0 aromatic heterocycles. The number of halogens is 1. The second kappa shape index (κ2) is 4.92. The molecule has 2 heterocycles. The average Bonchev–Trinajstić information content (AvgIpc) is 2.51. The number of alkyl halides is 1. The van der Waals surface area contributed by atoms with Crippen LogP contribution in [0.25, 0.3) is 0 Å². The van der Waals surface area contributed by atoms with E-state index in [0.717, 1.165) is 19.5 Å². The maximum atomic E-state index is 12.1. The van der Waals surface area contributed by atoms with E-state index in [1.54, 1.807) is 0 Å². The minimum atomic E-state index is -0.0383. The summed E-state index contributed by atoms with van der Waals surface area (Å²) >= 11 is 5.76. The Morgan fingerprint density at radius 3 is 2.75 bits per heavy atom. The number of fused-ring (bicyclic) bond motifs is 2. The zero-order chi connectivity index (χ0) is 11.7. The third-order valence-corrected chi connectivity index (χ3v) is 4.58. The second-order valence-corrected chi connectivity index (χ2v) is 5.49. The Kier molecular flexibility index (Phi) is 3.75. The van der Waals surface area contributed by atoms with Gasteiger partial charge in [-0.05, 0) is 26.3 Å². The molecular weight excluding hydrogens is 224 g/mol. The number of nitrogens with zero attached hydrogens (tertiary/aromatic N) is 2. The summed E-state index contributed by atoms with van der Waals surface area (Å²) in [5, 5.41) is 0. The first kappa shape index (κ1) is 12.2. The number of carbonyl (C=O) groups excluding carboxylic acids is 1. The standard InChI is InChI=1S/C12H21ClN2O/c1-9(7-13)12(16)15-6-5-10-3-4-11(8-15)14(10)2/h9-11H,3-8H2,1-2H3. The van der Waals surface area contributed by atoms with Crippen molar-refractivity contribution in [2.75, 3.05) is 26.0 Å². The third-order valence-electron chi connectivity index (χ3n) is 4.11. The van der Waals surface area contributed by atoms with Gasteiger partial charge in [0.05, 0.1) is 0 Å². The van der Waals surface area contributed by atoms with E-state index in [4.69, 9.17) is 11.6 Å². The van der Waals surface area contributed by atoms with Crippen molar-refractivity contribution in [3.05, 3.63) is 0 Å². The van der Waals surface area contributed by atoms with E-state index in [0.29, 0.717) is 18.0 Å². The number of likely N-dealkylation sites (N-methyl/N-ethyl adjacent to an activating group) is 1. The lowest BCUT2D eigenvalue weighted by Gasteiger charge is -2.27. The van der Waals surface area contributed by atoms with Crippen LogP contribution >= 0.6 is 11.6 Å². The molecule has 0 aromatic carbocycles. The summed E-state index contributed by atoms with van der Waals surface area (Å²) in [4.78, 5) is 16.6. The Hall–Kier alpha value is -0.280. The van der Waals surface area contributed by atoms with Crippen molar-refractivity contribution in [2.24, 2.45) is 5.92 Å². The van der Waals surface area contributed by atoms with Crippen LogP contribution < -0.4 is 0 Å². The smallest absolute Gasteiger partial charge is 0.226 e. The zero-order valence-corrected chi connectivity index (χ0v) is 10.9. The maximum absolute atomic E-state index is 12.1. The largest absolute Gasteiger partial charge is 0.341 e. The number of rotatable bonds is 2. The molecule has 0 saturated carbocycles. The van der Waals surface area contributed by atoms with Crippen molar-refractivity contribution >= 4 is 17.5 Å². The van der Waals surface area contributed by atoms with Crippen molar-refractivity contribution in [3.63, 3.8) is 0 Å². The van der Waals surface area contributed by atoms with E-state index in [9.17, 15) is 4.79 Å². The summed E-state index contributed by atoms with van der Waals surface area (Å²) in [6.45, 7) is 3.72. The average molecular weight is 245 g/mol. The molecule has 16 heavy (non-hydrogen) atoms. The fraction of sp³-hybridized carbons (Fsp3) is 0.917. The van der Waals surface area contributed by atoms with Crippen LogP contribution in [0.3, 0.4) is 0 Å². The van der Waals surface area contributed by atoms with E-state index in [1.165, 1.54) is 12.8 Å². The first-order valence-corrected chi connectivity index (χ1v) is 6.73. The van der Waals surface area contributed by atoms with Gasteiger partial charge in [0.15, 0.2) is 0 Å². The maximum Gasteiger partial charge on any atom is 0.226 e. The first-order chi connectivity index (χ1) is 7.63. The molecule has 3 nitrogen and oxygen atoms in total. The molecule has 0 radical (unpaired) electrons. The molecule has 1 amide bonds. The highest BCUT2D eigenvalue weighted by molar-refractivity contribution is 6.19. The Balaban J connectivity index is 2.01. The van der Waals surface area contributed by atoms with Gasteiger partial charge in [0.25, 0.3) is 0 Å². The molecule has 2 aliphatic heterocycles. The number of hydrogen-bond acceptors (Lipinski definition) is 2. The Bertz CT molecular complexity index is 272. The first-order valence-electron chi connectivity index (χ1n) is 6.20. The highest BCUT2D eigenvalue weighted by Gasteiger charge is 2.36. The van der Waals surface area contributed by atoms with Gasteiger partial charge < -0.3 is 4.90 Å². The summed E-state index contributed by atoms with van der Waals surface area (Å²) in [5.41, 5.74) is 0. The van der Waals surface area contributed by atoms with Crippen LogP contribution in [-0.2, 0) is 4.79 Å².